The van der Waals surface area contributed by atoms with Crippen LogP contribution in [0.4, 0.5) is 0 Å². The van der Waals surface area contributed by atoms with E-state index >= 15 is 0 Å². The van der Waals surface area contributed by atoms with Gasteiger partial charge in [0.25, 0.3) is 0 Å². The molecule has 0 amide bonds. The van der Waals surface area contributed by atoms with E-state index in [-0.39, 0.29) is 28.8 Å². The van der Waals surface area contributed by atoms with E-state index in [1.165, 1.54) is 0 Å². The number of Topliss-reactive ketones (excluding diaryl/α,β-unsaturated/α-hetero) is 1. The van der Waals surface area contributed by atoms with E-state index < -0.39 is 17.0 Å². The van der Waals surface area contributed by atoms with Crippen LogP contribution in [0.15, 0.2) is 51.5 Å². The van der Waals surface area contributed by atoms with Crippen molar-refractivity contribution in [1.29, 1.82) is 0 Å². The molecule has 0 bridgehead atoms. The number of rotatable bonds is 3. The number of allylic oxidation sites excluding steroid dienone is 4. The van der Waals surface area contributed by atoms with Gasteiger partial charge in [0.1, 0.15) is 0 Å². The number of carbonyl (C=O) groups excluding carboxylic acids is 3. The maximum absolute atomic E-state index is 13.2. The molecule has 0 heterocycles. The number of halogens is 2. The molecule has 5 rings (SSSR count). The Hall–Kier alpha value is -1.72. The first-order valence-electron chi connectivity index (χ1n) is 12.1. The zero-order valence-corrected chi connectivity index (χ0v) is 22.2. The number of hydrogen-bond acceptors (Lipinski definition) is 4. The zero-order valence-electron chi connectivity index (χ0n) is 19.8. The van der Waals surface area contributed by atoms with Gasteiger partial charge in [-0.05, 0) is 98.1 Å². The molecule has 4 aliphatic carbocycles. The highest BCUT2D eigenvalue weighted by Crippen LogP contribution is 2.68. The maximum atomic E-state index is 13.2. The summed E-state index contributed by atoms with van der Waals surface area (Å²) >= 11 is 10.2. The molecule has 2 saturated carbocycles. The third-order valence-corrected chi connectivity index (χ3v) is 10.5. The van der Waals surface area contributed by atoms with Gasteiger partial charge in [0.2, 0.25) is 0 Å². The van der Waals surface area contributed by atoms with Crippen molar-refractivity contribution in [3.63, 3.8) is 0 Å². The highest BCUT2D eigenvalue weighted by atomic mass is 79.9. The van der Waals surface area contributed by atoms with Gasteiger partial charge in [-0.3, -0.25) is 9.59 Å². The second-order valence-electron chi connectivity index (χ2n) is 11.0. The molecule has 0 radical (unpaired) electrons. The van der Waals surface area contributed by atoms with Crippen LogP contribution in [0.1, 0.15) is 69.7 Å². The molecule has 34 heavy (non-hydrogen) atoms. The number of ether oxygens (including phenoxy) is 1. The predicted octanol–water partition coefficient (Wildman–Crippen LogP) is 6.81. The molecule has 6 atom stereocenters. The predicted molar refractivity (Wildman–Crippen MR) is 134 cm³/mol. The molecule has 4 aliphatic rings. The summed E-state index contributed by atoms with van der Waals surface area (Å²) in [6, 6.07) is 7.04. The second kappa shape index (κ2) is 8.16. The Balaban J connectivity index is 1.52. The molecule has 0 aromatic heterocycles. The molecule has 0 spiro atoms. The van der Waals surface area contributed by atoms with Crippen LogP contribution in [0.3, 0.4) is 0 Å². The van der Waals surface area contributed by atoms with Gasteiger partial charge in [-0.2, -0.15) is 0 Å². The fourth-order valence-corrected chi connectivity index (χ4v) is 8.37. The number of carbonyl (C=O) groups is 3. The van der Waals surface area contributed by atoms with E-state index in [0.717, 1.165) is 35.7 Å². The van der Waals surface area contributed by atoms with E-state index in [0.29, 0.717) is 29.4 Å². The lowest BCUT2D eigenvalue weighted by Gasteiger charge is -2.57. The summed E-state index contributed by atoms with van der Waals surface area (Å²) in [7, 11) is 0. The summed E-state index contributed by atoms with van der Waals surface area (Å²) in [5.74, 6) is 0.341. The summed E-state index contributed by atoms with van der Waals surface area (Å²) < 4.78 is 7.08. The molecule has 1 aromatic rings. The Labute approximate surface area is 214 Å². The molecule has 4 nitrogen and oxygen atoms in total. The Morgan fingerprint density at radius 3 is 2.41 bits per heavy atom. The molecule has 2 fully saturated rings. The van der Waals surface area contributed by atoms with E-state index in [9.17, 15) is 14.4 Å². The monoisotopic (exact) mass is 544 g/mol. The van der Waals surface area contributed by atoms with Gasteiger partial charge in [0.05, 0.1) is 5.56 Å². The minimum atomic E-state index is -1.15. The highest BCUT2D eigenvalue weighted by Gasteiger charge is 2.67. The summed E-state index contributed by atoms with van der Waals surface area (Å²) in [5.41, 5.74) is -0.332. The van der Waals surface area contributed by atoms with Crippen molar-refractivity contribution in [3.8, 4) is 0 Å². The smallest absolute Gasteiger partial charge is 0.339 e. The van der Waals surface area contributed by atoms with Crippen molar-refractivity contribution in [2.45, 2.75) is 64.9 Å². The maximum Gasteiger partial charge on any atom is 0.339 e. The molecule has 0 N–H and O–H groups in total. The van der Waals surface area contributed by atoms with E-state index in [2.05, 4.69) is 35.9 Å². The Kier molecular flexibility index (Phi) is 5.76. The largest absolute Gasteiger partial charge is 0.447 e. The lowest BCUT2D eigenvalue weighted by Crippen LogP contribution is -2.58. The molecule has 0 saturated heterocycles. The van der Waals surface area contributed by atoms with Crippen LogP contribution in [-0.4, -0.2) is 23.1 Å². The second-order valence-corrected chi connectivity index (χ2v) is 12.3. The normalized spacial score (nSPS) is 38.7. The summed E-state index contributed by atoms with van der Waals surface area (Å²) in [5, 5.41) is 0.674. The van der Waals surface area contributed by atoms with E-state index in [1.54, 1.807) is 37.3 Å². The SMILES string of the molecule is CC(=O)[C@@]1(OC(=O)c2ccc(Br)cc2)CC[C@H]2[C@@H]3C=C(Cl)C4=CC(=O)CC[C@]4(C)[C@H]3CC[C@@]21C. The highest BCUT2D eigenvalue weighted by molar-refractivity contribution is 9.10. The lowest BCUT2D eigenvalue weighted by atomic mass is 9.48. The standard InChI is InChI=1S/C28H30BrClO4/c1-16(31)28(34-25(33)17-4-6-18(29)7-5-17)13-10-22-20-15-24(30)23-14-19(32)8-11-26(23,2)21(20)9-12-27(22,28)3/h4-7,14-15,20-22H,8-13H2,1-3H3/t20-,21+,22+,26-,27+,28+/m1/s1. The minimum Gasteiger partial charge on any atom is -0.447 e. The fourth-order valence-electron chi connectivity index (χ4n) is 7.69. The van der Waals surface area contributed by atoms with Crippen LogP contribution < -0.4 is 0 Å². The van der Waals surface area contributed by atoms with Crippen molar-refractivity contribution >= 4 is 45.1 Å². The summed E-state index contributed by atoms with van der Waals surface area (Å²) in [6.07, 6.45) is 8.28. The molecule has 6 heteroatoms. The topological polar surface area (TPSA) is 60.4 Å². The first kappa shape index (κ1) is 24.0. The number of hydrogen-bond donors (Lipinski definition) is 0. The van der Waals surface area contributed by atoms with Crippen LogP contribution in [-0.2, 0) is 14.3 Å². The first-order chi connectivity index (χ1) is 16.0. The van der Waals surface area contributed by atoms with E-state index in [4.69, 9.17) is 16.3 Å². The van der Waals surface area contributed by atoms with Crippen molar-refractivity contribution in [3.05, 3.63) is 57.1 Å². The van der Waals surface area contributed by atoms with Crippen LogP contribution in [0.2, 0.25) is 0 Å². The van der Waals surface area contributed by atoms with Gasteiger partial charge in [-0.25, -0.2) is 4.79 Å². The van der Waals surface area contributed by atoms with Crippen molar-refractivity contribution < 1.29 is 19.1 Å². The number of fused-ring (bicyclic) bond motifs is 5. The molecule has 1 aromatic carbocycles. The van der Waals surface area contributed by atoms with Crippen LogP contribution in [0.25, 0.3) is 0 Å². The summed E-state index contributed by atoms with van der Waals surface area (Å²) in [6.45, 7) is 5.95. The quantitative estimate of drug-likeness (QED) is 0.392. The third kappa shape index (κ3) is 3.33. The first-order valence-corrected chi connectivity index (χ1v) is 13.3. The minimum absolute atomic E-state index is 0.0812. The lowest BCUT2D eigenvalue weighted by molar-refractivity contribution is -0.158. The third-order valence-electron chi connectivity index (χ3n) is 9.59. The summed E-state index contributed by atoms with van der Waals surface area (Å²) in [4.78, 5) is 38.6. The average molecular weight is 546 g/mol. The molecule has 0 aliphatic heterocycles. The Bertz CT molecular complexity index is 1140. The molecular weight excluding hydrogens is 516 g/mol. The van der Waals surface area contributed by atoms with Gasteiger partial charge >= 0.3 is 5.97 Å². The molecule has 180 valence electrons. The van der Waals surface area contributed by atoms with Gasteiger partial charge < -0.3 is 4.74 Å². The Morgan fingerprint density at radius 2 is 1.74 bits per heavy atom. The van der Waals surface area contributed by atoms with Gasteiger partial charge in [-0.1, -0.05) is 47.5 Å². The van der Waals surface area contributed by atoms with E-state index in [1.807, 2.05) is 0 Å². The van der Waals surface area contributed by atoms with Crippen LogP contribution >= 0.6 is 27.5 Å². The van der Waals surface area contributed by atoms with Crippen molar-refractivity contribution in [1.82, 2.24) is 0 Å². The number of esters is 1. The fraction of sp³-hybridized carbons (Fsp3) is 0.536. The average Bonchev–Trinajstić information content (AvgIpc) is 3.09. The van der Waals surface area contributed by atoms with Gasteiger partial charge in [-0.15, -0.1) is 0 Å². The molecular formula is C28H30BrClO4. The zero-order chi connectivity index (χ0) is 24.5. The van der Waals surface area contributed by atoms with Gasteiger partial charge in [0, 0.05) is 21.3 Å². The number of benzene rings is 1. The van der Waals surface area contributed by atoms with Gasteiger partial charge in [0.15, 0.2) is 17.2 Å². The van der Waals surface area contributed by atoms with Crippen LogP contribution in [0, 0.1) is 28.6 Å². The van der Waals surface area contributed by atoms with Crippen molar-refractivity contribution in [2.24, 2.45) is 28.6 Å². The van der Waals surface area contributed by atoms with Crippen LogP contribution in [0.5, 0.6) is 0 Å². The van der Waals surface area contributed by atoms with Crippen molar-refractivity contribution in [2.75, 3.05) is 0 Å². The number of ketones is 2. The molecule has 0 unspecified atom stereocenters. The Morgan fingerprint density at radius 1 is 1.06 bits per heavy atom.